The number of rotatable bonds is 2. The van der Waals surface area contributed by atoms with Crippen molar-refractivity contribution in [1.29, 1.82) is 0 Å². The number of para-hydroxylation sites is 1. The minimum atomic E-state index is 0.244. The van der Waals surface area contributed by atoms with Gasteiger partial charge in [0.1, 0.15) is 0 Å². The Morgan fingerprint density at radius 1 is 1.32 bits per heavy atom. The summed E-state index contributed by atoms with van der Waals surface area (Å²) in [4.78, 5) is 4.87. The van der Waals surface area contributed by atoms with E-state index in [0.717, 1.165) is 30.6 Å². The van der Waals surface area contributed by atoms with Crippen LogP contribution >= 0.6 is 0 Å². The molecule has 0 aliphatic carbocycles. The Hall–Kier alpha value is -2.13. The molecule has 1 aromatic rings. The molecule has 1 atom stereocenters. The molecule has 3 heteroatoms. The molecule has 3 aliphatic rings. The van der Waals surface area contributed by atoms with Gasteiger partial charge in [0.15, 0.2) is 0 Å². The van der Waals surface area contributed by atoms with Gasteiger partial charge >= 0.3 is 0 Å². The minimum Gasteiger partial charge on any atom is -0.396 e. The number of aliphatic hydroxyl groups is 1. The van der Waals surface area contributed by atoms with Gasteiger partial charge in [-0.1, -0.05) is 29.8 Å². The van der Waals surface area contributed by atoms with Crippen LogP contribution in [0.4, 0.5) is 0 Å². The van der Waals surface area contributed by atoms with Crippen molar-refractivity contribution in [2.75, 3.05) is 6.61 Å². The second-order valence-corrected chi connectivity index (χ2v) is 6.06. The lowest BCUT2D eigenvalue weighted by atomic mass is 9.86. The van der Waals surface area contributed by atoms with Crippen molar-refractivity contribution in [3.8, 4) is 11.3 Å². The molecule has 0 amide bonds. The van der Waals surface area contributed by atoms with E-state index in [9.17, 15) is 5.11 Å². The average molecular weight is 292 g/mol. The Balaban J connectivity index is 1.90. The average Bonchev–Trinajstić information content (AvgIpc) is 2.93. The van der Waals surface area contributed by atoms with Gasteiger partial charge in [-0.25, -0.2) is 4.98 Å². The molecule has 0 bridgehead atoms. The fourth-order valence-electron chi connectivity index (χ4n) is 3.71. The van der Waals surface area contributed by atoms with Crippen LogP contribution in [0.3, 0.4) is 0 Å². The van der Waals surface area contributed by atoms with Crippen LogP contribution in [0.1, 0.15) is 19.0 Å². The van der Waals surface area contributed by atoms with Crippen molar-refractivity contribution in [2.24, 2.45) is 5.92 Å². The molecule has 22 heavy (non-hydrogen) atoms. The summed E-state index contributed by atoms with van der Waals surface area (Å²) in [5.41, 5.74) is 6.16. The summed E-state index contributed by atoms with van der Waals surface area (Å²) in [6, 6.07) is 10.5. The van der Waals surface area contributed by atoms with Crippen molar-refractivity contribution in [2.45, 2.75) is 26.3 Å². The third kappa shape index (κ3) is 1.97. The number of pyridine rings is 1. The molecular formula is C19H20N2O. The van der Waals surface area contributed by atoms with Crippen LogP contribution in [0.2, 0.25) is 0 Å². The Kier molecular flexibility index (Phi) is 3.23. The molecule has 0 spiro atoms. The number of aromatic nitrogens is 2. The van der Waals surface area contributed by atoms with Crippen LogP contribution < -0.4 is 0 Å². The van der Waals surface area contributed by atoms with Gasteiger partial charge in [0.05, 0.1) is 11.2 Å². The van der Waals surface area contributed by atoms with Crippen molar-refractivity contribution < 1.29 is 5.11 Å². The first kappa shape index (κ1) is 13.5. The molecule has 4 rings (SSSR count). The number of fused-ring (bicyclic) bond motifs is 5. The highest BCUT2D eigenvalue weighted by atomic mass is 16.3. The van der Waals surface area contributed by atoms with Gasteiger partial charge in [0, 0.05) is 36.0 Å². The summed E-state index contributed by atoms with van der Waals surface area (Å²) in [6.07, 6.45) is 6.18. The van der Waals surface area contributed by atoms with E-state index in [4.69, 9.17) is 4.98 Å². The van der Waals surface area contributed by atoms with E-state index in [1.54, 1.807) is 0 Å². The fourth-order valence-corrected chi connectivity index (χ4v) is 3.71. The van der Waals surface area contributed by atoms with Gasteiger partial charge in [-0.05, 0) is 37.8 Å². The Labute approximate surface area is 130 Å². The lowest BCUT2D eigenvalue weighted by Gasteiger charge is -2.30. The lowest BCUT2D eigenvalue weighted by molar-refractivity contribution is 0.260. The molecule has 1 N–H and O–H groups in total. The minimum absolute atomic E-state index is 0.244. The number of hydrogen-bond donors (Lipinski definition) is 1. The fraction of sp³-hybridized carbons (Fsp3) is 0.316. The van der Waals surface area contributed by atoms with Crippen molar-refractivity contribution >= 4 is 10.9 Å². The summed E-state index contributed by atoms with van der Waals surface area (Å²) in [5, 5.41) is 10.6. The number of aliphatic hydroxyl groups excluding tert-OH is 1. The van der Waals surface area contributed by atoms with Gasteiger partial charge < -0.3 is 9.67 Å². The van der Waals surface area contributed by atoms with E-state index >= 15 is 0 Å². The van der Waals surface area contributed by atoms with Crippen molar-refractivity contribution in [3.05, 3.63) is 53.9 Å². The molecule has 112 valence electrons. The summed E-state index contributed by atoms with van der Waals surface area (Å²) in [6.45, 7) is 3.25. The van der Waals surface area contributed by atoms with Crippen molar-refractivity contribution in [1.82, 2.24) is 9.55 Å². The van der Waals surface area contributed by atoms with Gasteiger partial charge in [-0.15, -0.1) is 0 Å². The summed E-state index contributed by atoms with van der Waals surface area (Å²) >= 11 is 0. The smallest absolute Gasteiger partial charge is 0.0911 e. The maximum absolute atomic E-state index is 9.36. The maximum Gasteiger partial charge on any atom is 0.0911 e. The summed E-state index contributed by atoms with van der Waals surface area (Å²) < 4.78 is 2.32. The second-order valence-electron chi connectivity index (χ2n) is 6.06. The Morgan fingerprint density at radius 2 is 2.18 bits per heavy atom. The van der Waals surface area contributed by atoms with E-state index < -0.39 is 0 Å². The molecule has 0 aromatic heterocycles. The highest BCUT2D eigenvalue weighted by Crippen LogP contribution is 2.38. The first-order chi connectivity index (χ1) is 10.8. The third-order valence-electron chi connectivity index (χ3n) is 4.89. The van der Waals surface area contributed by atoms with Gasteiger partial charge in [-0.2, -0.15) is 0 Å². The van der Waals surface area contributed by atoms with Crippen LogP contribution in [0.15, 0.2) is 48.2 Å². The summed E-state index contributed by atoms with van der Waals surface area (Å²) in [7, 11) is 0. The van der Waals surface area contributed by atoms with E-state index in [1.807, 2.05) is 6.07 Å². The van der Waals surface area contributed by atoms with Crippen LogP contribution in [0, 0.1) is 5.92 Å². The number of hydrogen-bond acceptors (Lipinski definition) is 2. The van der Waals surface area contributed by atoms with E-state index in [-0.39, 0.29) is 6.61 Å². The Morgan fingerprint density at radius 3 is 3.00 bits per heavy atom. The zero-order chi connectivity index (χ0) is 15.1. The van der Waals surface area contributed by atoms with Crippen LogP contribution in [-0.4, -0.2) is 21.3 Å². The second kappa shape index (κ2) is 5.25. The highest BCUT2D eigenvalue weighted by Gasteiger charge is 2.26. The first-order valence-corrected chi connectivity index (χ1v) is 7.94. The first-order valence-electron chi connectivity index (χ1n) is 7.94. The largest absolute Gasteiger partial charge is 0.396 e. The molecule has 1 aromatic carbocycles. The van der Waals surface area contributed by atoms with E-state index in [1.165, 1.54) is 22.2 Å². The van der Waals surface area contributed by atoms with Crippen LogP contribution in [0.5, 0.6) is 0 Å². The molecular weight excluding hydrogens is 272 g/mol. The van der Waals surface area contributed by atoms with Gasteiger partial charge in [0.2, 0.25) is 0 Å². The topological polar surface area (TPSA) is 38.0 Å². The predicted octanol–water partition coefficient (Wildman–Crippen LogP) is 3.64. The molecule has 0 saturated carbocycles. The van der Waals surface area contributed by atoms with Crippen molar-refractivity contribution in [3.63, 3.8) is 0 Å². The van der Waals surface area contributed by atoms with E-state index in [0.29, 0.717) is 5.92 Å². The zero-order valence-corrected chi connectivity index (χ0v) is 12.8. The van der Waals surface area contributed by atoms with Crippen LogP contribution in [-0.2, 0) is 13.0 Å². The number of allylic oxidation sites excluding steroid dienone is 2. The summed E-state index contributed by atoms with van der Waals surface area (Å²) in [5.74, 6) is 0.431. The van der Waals surface area contributed by atoms with Gasteiger partial charge in [0.25, 0.3) is 0 Å². The quantitative estimate of drug-likeness (QED) is 0.732. The molecule has 3 nitrogen and oxygen atoms in total. The third-order valence-corrected chi connectivity index (χ3v) is 4.89. The Bertz CT molecular complexity index is 831. The highest BCUT2D eigenvalue weighted by molar-refractivity contribution is 5.97. The maximum atomic E-state index is 9.36. The molecule has 0 fully saturated rings. The molecule has 3 aliphatic heterocycles. The number of benzene rings is 1. The number of nitrogens with zero attached hydrogens (tertiary/aromatic N) is 2. The molecule has 3 heterocycles. The zero-order valence-electron chi connectivity index (χ0n) is 12.8. The SMILES string of the molecule is C/C=C1\Cn2ccc3c4ccccc4nc-3c2C[C@@H]1CCO. The van der Waals surface area contributed by atoms with E-state index in [2.05, 4.69) is 48.0 Å². The predicted molar refractivity (Wildman–Crippen MR) is 89.0 cm³/mol. The monoisotopic (exact) mass is 292 g/mol. The molecule has 0 unspecified atom stereocenters. The van der Waals surface area contributed by atoms with Gasteiger partial charge in [-0.3, -0.25) is 0 Å². The molecule has 0 radical (unpaired) electrons. The normalized spacial score (nSPS) is 19.9. The molecule has 0 saturated heterocycles. The van der Waals surface area contributed by atoms with Crippen LogP contribution in [0.25, 0.3) is 22.2 Å². The lowest BCUT2D eigenvalue weighted by Crippen LogP contribution is -2.25. The standard InChI is InChI=1S/C19H20N2O/c1-2-13-12-21-9-7-16-15-5-3-4-6-17(15)20-19(16)18(21)11-14(13)8-10-22/h2-7,9,14,22H,8,10-12H2,1H3/b13-2+/t14-/m0/s1.